The summed E-state index contributed by atoms with van der Waals surface area (Å²) < 4.78 is 30.0. The van der Waals surface area contributed by atoms with Gasteiger partial charge in [-0.15, -0.1) is 5.10 Å². The van der Waals surface area contributed by atoms with Crippen LogP contribution in [0.2, 0.25) is 0 Å². The fraction of sp³-hybridized carbons (Fsp3) is 0.385. The Hall–Kier alpha value is -1.40. The zero-order valence-electron chi connectivity index (χ0n) is 10.8. The van der Waals surface area contributed by atoms with Crippen LogP contribution in [0.4, 0.5) is 8.78 Å². The molecule has 1 aromatic heterocycles. The molecule has 6 heteroatoms. The second-order valence-corrected chi connectivity index (χ2v) is 5.54. The van der Waals surface area contributed by atoms with Crippen LogP contribution in [0.25, 0.3) is 11.3 Å². The minimum atomic E-state index is -0.869. The molecule has 0 unspecified atom stereocenters. The quantitative estimate of drug-likeness (QED) is 0.915. The van der Waals surface area contributed by atoms with Crippen molar-refractivity contribution in [1.82, 2.24) is 14.9 Å². The zero-order chi connectivity index (χ0) is 13.8. The van der Waals surface area contributed by atoms with Crippen molar-refractivity contribution in [3.63, 3.8) is 0 Å². The van der Waals surface area contributed by atoms with E-state index in [9.17, 15) is 8.78 Å². The van der Waals surface area contributed by atoms with Crippen LogP contribution in [0.3, 0.4) is 0 Å². The van der Waals surface area contributed by atoms with Crippen LogP contribution in [-0.4, -0.2) is 16.1 Å². The predicted molar refractivity (Wildman–Crippen MR) is 71.8 cm³/mol. The first-order chi connectivity index (χ1) is 9.08. The Labute approximate surface area is 114 Å². The fourth-order valence-corrected chi connectivity index (χ4v) is 2.29. The molecule has 1 N–H and O–H groups in total. The molecule has 0 atom stereocenters. The zero-order valence-corrected chi connectivity index (χ0v) is 11.6. The summed E-state index contributed by atoms with van der Waals surface area (Å²) in [6.45, 7) is 5.75. The molecule has 1 aromatic carbocycles. The van der Waals surface area contributed by atoms with Crippen LogP contribution in [0.1, 0.15) is 18.7 Å². The number of aromatic nitrogens is 2. The smallest absolute Gasteiger partial charge is 0.159 e. The second-order valence-electron chi connectivity index (χ2n) is 4.70. The van der Waals surface area contributed by atoms with Crippen molar-refractivity contribution < 1.29 is 8.78 Å². The number of hydrogen-bond acceptors (Lipinski definition) is 4. The molecule has 2 rings (SSSR count). The molecule has 0 aliphatic carbocycles. The topological polar surface area (TPSA) is 37.8 Å². The van der Waals surface area contributed by atoms with Crippen LogP contribution < -0.4 is 5.32 Å². The molecule has 0 saturated carbocycles. The van der Waals surface area contributed by atoms with Gasteiger partial charge < -0.3 is 5.32 Å². The average molecular weight is 283 g/mol. The molecule has 19 heavy (non-hydrogen) atoms. The SMILES string of the molecule is CC(C)CNCc1snnc1-c1ccc(F)c(F)c1. The molecule has 0 aliphatic rings. The first-order valence-electron chi connectivity index (χ1n) is 6.05. The Balaban J connectivity index is 2.16. The van der Waals surface area contributed by atoms with Gasteiger partial charge in [-0.25, -0.2) is 8.78 Å². The molecule has 0 saturated heterocycles. The van der Waals surface area contributed by atoms with Crippen molar-refractivity contribution in [2.75, 3.05) is 6.54 Å². The highest BCUT2D eigenvalue weighted by Crippen LogP contribution is 2.25. The van der Waals surface area contributed by atoms with Crippen molar-refractivity contribution >= 4 is 11.5 Å². The molecule has 0 fully saturated rings. The minimum absolute atomic E-state index is 0.549. The third-order valence-electron chi connectivity index (χ3n) is 2.59. The first kappa shape index (κ1) is 14.0. The average Bonchev–Trinajstić information content (AvgIpc) is 2.80. The van der Waals surface area contributed by atoms with E-state index in [1.807, 2.05) is 0 Å². The van der Waals surface area contributed by atoms with E-state index < -0.39 is 11.6 Å². The summed E-state index contributed by atoms with van der Waals surface area (Å²) >= 11 is 1.27. The number of hydrogen-bond donors (Lipinski definition) is 1. The van der Waals surface area contributed by atoms with Crippen LogP contribution in [0.15, 0.2) is 18.2 Å². The van der Waals surface area contributed by atoms with Crippen LogP contribution in [0.5, 0.6) is 0 Å². The standard InChI is InChI=1S/C13H15F2N3S/c1-8(2)6-16-7-12-13(17-18-19-12)9-3-4-10(14)11(15)5-9/h3-5,8,16H,6-7H2,1-2H3. The normalized spacial score (nSPS) is 11.2. The highest BCUT2D eigenvalue weighted by Gasteiger charge is 2.12. The summed E-state index contributed by atoms with van der Waals surface area (Å²) in [6, 6.07) is 3.77. The van der Waals surface area contributed by atoms with Gasteiger partial charge in [0.1, 0.15) is 5.69 Å². The molecule has 0 amide bonds. The molecular formula is C13H15F2N3S. The Morgan fingerprint density at radius 1 is 1.26 bits per heavy atom. The predicted octanol–water partition coefficient (Wildman–Crippen LogP) is 3.23. The molecule has 102 valence electrons. The van der Waals surface area contributed by atoms with Gasteiger partial charge in [0, 0.05) is 12.1 Å². The van der Waals surface area contributed by atoms with Gasteiger partial charge in [-0.05, 0) is 42.2 Å². The van der Waals surface area contributed by atoms with E-state index in [4.69, 9.17) is 0 Å². The highest BCUT2D eigenvalue weighted by molar-refractivity contribution is 7.05. The van der Waals surface area contributed by atoms with Crippen LogP contribution in [-0.2, 0) is 6.54 Å². The van der Waals surface area contributed by atoms with Gasteiger partial charge in [0.2, 0.25) is 0 Å². The highest BCUT2D eigenvalue weighted by atomic mass is 32.1. The third kappa shape index (κ3) is 3.54. The van der Waals surface area contributed by atoms with Crippen molar-refractivity contribution in [1.29, 1.82) is 0 Å². The summed E-state index contributed by atoms with van der Waals surface area (Å²) in [5.41, 5.74) is 1.16. The van der Waals surface area contributed by atoms with Crippen LogP contribution in [0, 0.1) is 17.6 Å². The summed E-state index contributed by atoms with van der Waals surface area (Å²) in [6.07, 6.45) is 0. The molecule has 1 heterocycles. The van der Waals surface area contributed by atoms with Crippen LogP contribution >= 0.6 is 11.5 Å². The number of nitrogens with one attached hydrogen (secondary N) is 1. The summed E-state index contributed by atoms with van der Waals surface area (Å²) in [4.78, 5) is 0.923. The molecule has 2 aromatic rings. The molecule has 0 radical (unpaired) electrons. The lowest BCUT2D eigenvalue weighted by molar-refractivity contribution is 0.509. The summed E-state index contributed by atoms with van der Waals surface area (Å²) in [5.74, 6) is -1.18. The maximum atomic E-state index is 13.2. The van der Waals surface area contributed by atoms with Crippen molar-refractivity contribution in [2.45, 2.75) is 20.4 Å². The largest absolute Gasteiger partial charge is 0.311 e. The first-order valence-corrected chi connectivity index (χ1v) is 6.82. The number of benzene rings is 1. The number of halogens is 2. The van der Waals surface area contributed by atoms with E-state index in [-0.39, 0.29) is 0 Å². The van der Waals surface area contributed by atoms with Gasteiger partial charge >= 0.3 is 0 Å². The van der Waals surface area contributed by atoms with E-state index >= 15 is 0 Å². The molecule has 0 bridgehead atoms. The van der Waals surface area contributed by atoms with Gasteiger partial charge in [0.05, 0.1) is 4.88 Å². The van der Waals surface area contributed by atoms with E-state index in [0.29, 0.717) is 23.7 Å². The van der Waals surface area contributed by atoms with Gasteiger partial charge in [-0.1, -0.05) is 18.3 Å². The van der Waals surface area contributed by atoms with Crippen molar-refractivity contribution in [3.05, 3.63) is 34.7 Å². The molecule has 0 aliphatic heterocycles. The van der Waals surface area contributed by atoms with Gasteiger partial charge in [-0.3, -0.25) is 0 Å². The minimum Gasteiger partial charge on any atom is -0.311 e. The second kappa shape index (κ2) is 6.16. The lowest BCUT2D eigenvalue weighted by atomic mass is 10.1. The maximum absolute atomic E-state index is 13.2. The fourth-order valence-electron chi connectivity index (χ4n) is 1.66. The van der Waals surface area contributed by atoms with E-state index in [2.05, 4.69) is 28.8 Å². The maximum Gasteiger partial charge on any atom is 0.159 e. The molecular weight excluding hydrogens is 268 g/mol. The van der Waals surface area contributed by atoms with E-state index in [1.165, 1.54) is 17.6 Å². The lowest BCUT2D eigenvalue weighted by Gasteiger charge is -2.06. The molecule has 0 spiro atoms. The summed E-state index contributed by atoms with van der Waals surface area (Å²) in [5, 5.41) is 7.28. The van der Waals surface area contributed by atoms with Gasteiger partial charge in [0.25, 0.3) is 0 Å². The van der Waals surface area contributed by atoms with Gasteiger partial charge in [0.15, 0.2) is 11.6 Å². The van der Waals surface area contributed by atoms with E-state index in [0.717, 1.165) is 23.6 Å². The number of rotatable bonds is 5. The Bertz CT molecular complexity index is 555. The van der Waals surface area contributed by atoms with E-state index in [1.54, 1.807) is 0 Å². The third-order valence-corrected chi connectivity index (χ3v) is 3.31. The van der Waals surface area contributed by atoms with Crippen molar-refractivity contribution in [3.8, 4) is 11.3 Å². The Kier molecular flexibility index (Phi) is 4.55. The summed E-state index contributed by atoms with van der Waals surface area (Å²) in [7, 11) is 0. The molecule has 3 nitrogen and oxygen atoms in total. The van der Waals surface area contributed by atoms with Crippen molar-refractivity contribution in [2.24, 2.45) is 5.92 Å². The monoisotopic (exact) mass is 283 g/mol. The number of nitrogens with zero attached hydrogens (tertiary/aromatic N) is 2. The van der Waals surface area contributed by atoms with Gasteiger partial charge in [-0.2, -0.15) is 0 Å². The Morgan fingerprint density at radius 3 is 2.74 bits per heavy atom. The lowest BCUT2D eigenvalue weighted by Crippen LogP contribution is -2.18. The Morgan fingerprint density at radius 2 is 2.05 bits per heavy atom.